The number of fused-ring (bicyclic) bond motifs is 1. The Morgan fingerprint density at radius 3 is 2.87 bits per heavy atom. The van der Waals surface area contributed by atoms with Gasteiger partial charge in [-0.05, 0) is 32.0 Å². The van der Waals surface area contributed by atoms with E-state index in [9.17, 15) is 5.11 Å². The van der Waals surface area contributed by atoms with Crippen LogP contribution in [0.25, 0.3) is 11.0 Å². The van der Waals surface area contributed by atoms with Gasteiger partial charge in [0.25, 0.3) is 0 Å². The molecule has 0 unspecified atom stereocenters. The van der Waals surface area contributed by atoms with E-state index in [0.29, 0.717) is 11.6 Å². The lowest BCUT2D eigenvalue weighted by molar-refractivity contribution is 0.0627. The fourth-order valence-electron chi connectivity index (χ4n) is 1.58. The van der Waals surface area contributed by atoms with Crippen LogP contribution in [0.2, 0.25) is 5.02 Å². The van der Waals surface area contributed by atoms with Crippen molar-refractivity contribution < 1.29 is 5.11 Å². The van der Waals surface area contributed by atoms with Crippen molar-refractivity contribution in [2.75, 3.05) is 0 Å². The Hall–Kier alpha value is -1.06. The first-order valence-corrected chi connectivity index (χ1v) is 5.16. The van der Waals surface area contributed by atoms with Gasteiger partial charge in [-0.15, -0.1) is 0 Å². The summed E-state index contributed by atoms with van der Waals surface area (Å²) >= 11 is 5.86. The molecule has 1 aromatic carbocycles. The summed E-state index contributed by atoms with van der Waals surface area (Å²) in [6.45, 7) is 4.06. The first-order valence-electron chi connectivity index (χ1n) is 4.78. The predicted molar refractivity (Wildman–Crippen MR) is 61.0 cm³/mol. The highest BCUT2D eigenvalue weighted by molar-refractivity contribution is 6.31. The van der Waals surface area contributed by atoms with E-state index in [2.05, 4.69) is 4.98 Å². The van der Waals surface area contributed by atoms with Gasteiger partial charge in [0.05, 0.1) is 29.5 Å². The number of aromatic nitrogens is 2. The molecule has 0 amide bonds. The average Bonchev–Trinajstić information content (AvgIpc) is 2.45. The van der Waals surface area contributed by atoms with E-state index >= 15 is 0 Å². The maximum Gasteiger partial charge on any atom is 0.0959 e. The van der Waals surface area contributed by atoms with Crippen LogP contribution in [-0.2, 0) is 6.54 Å². The van der Waals surface area contributed by atoms with Gasteiger partial charge in [-0.25, -0.2) is 4.98 Å². The highest BCUT2D eigenvalue weighted by Gasteiger charge is 2.14. The third-order valence-electron chi connectivity index (χ3n) is 2.14. The molecule has 0 saturated carbocycles. The molecule has 0 radical (unpaired) electrons. The van der Waals surface area contributed by atoms with Gasteiger partial charge in [-0.2, -0.15) is 0 Å². The molecule has 80 valence electrons. The van der Waals surface area contributed by atoms with Gasteiger partial charge >= 0.3 is 0 Å². The van der Waals surface area contributed by atoms with Crippen LogP contribution < -0.4 is 0 Å². The molecule has 0 fully saturated rings. The smallest absolute Gasteiger partial charge is 0.0959 e. The summed E-state index contributed by atoms with van der Waals surface area (Å²) in [7, 11) is 0. The molecule has 3 nitrogen and oxygen atoms in total. The van der Waals surface area contributed by atoms with E-state index < -0.39 is 5.60 Å². The first-order chi connectivity index (χ1) is 6.96. The predicted octanol–water partition coefficient (Wildman–Crippen LogP) is 2.46. The molecule has 4 heteroatoms. The summed E-state index contributed by atoms with van der Waals surface area (Å²) in [5.74, 6) is 0. The second kappa shape index (κ2) is 3.51. The lowest BCUT2D eigenvalue weighted by Crippen LogP contribution is -2.25. The molecule has 0 aliphatic carbocycles. The highest BCUT2D eigenvalue weighted by Crippen LogP contribution is 2.19. The van der Waals surface area contributed by atoms with Gasteiger partial charge in [0.2, 0.25) is 0 Å². The van der Waals surface area contributed by atoms with Crippen molar-refractivity contribution in [3.63, 3.8) is 0 Å². The van der Waals surface area contributed by atoms with Crippen molar-refractivity contribution in [1.29, 1.82) is 0 Å². The molecule has 0 aliphatic rings. The van der Waals surface area contributed by atoms with Crippen LogP contribution in [0, 0.1) is 0 Å². The minimum Gasteiger partial charge on any atom is -0.389 e. The summed E-state index contributed by atoms with van der Waals surface area (Å²) in [6.07, 6.45) is 1.72. The number of benzene rings is 1. The Balaban J connectivity index is 2.45. The summed E-state index contributed by atoms with van der Waals surface area (Å²) in [5, 5.41) is 10.4. The average molecular weight is 225 g/mol. The van der Waals surface area contributed by atoms with Crippen molar-refractivity contribution in [3.8, 4) is 0 Å². The second-order valence-corrected chi connectivity index (χ2v) is 4.75. The third-order valence-corrected chi connectivity index (χ3v) is 2.38. The van der Waals surface area contributed by atoms with Crippen LogP contribution in [0.3, 0.4) is 0 Å². The van der Waals surface area contributed by atoms with Gasteiger partial charge in [0, 0.05) is 5.02 Å². The second-order valence-electron chi connectivity index (χ2n) is 4.32. The first kappa shape index (κ1) is 10.5. The van der Waals surface area contributed by atoms with Gasteiger partial charge in [0.15, 0.2) is 0 Å². The van der Waals surface area contributed by atoms with E-state index in [1.807, 2.05) is 22.8 Å². The molecule has 0 spiro atoms. The minimum atomic E-state index is -0.743. The van der Waals surface area contributed by atoms with Gasteiger partial charge in [-0.1, -0.05) is 11.6 Å². The Morgan fingerprint density at radius 2 is 2.20 bits per heavy atom. The van der Waals surface area contributed by atoms with E-state index in [1.54, 1.807) is 20.2 Å². The molecule has 0 aliphatic heterocycles. The van der Waals surface area contributed by atoms with Crippen molar-refractivity contribution in [2.24, 2.45) is 0 Å². The monoisotopic (exact) mass is 224 g/mol. The minimum absolute atomic E-state index is 0.519. The highest BCUT2D eigenvalue weighted by atomic mass is 35.5. The van der Waals surface area contributed by atoms with Gasteiger partial charge in [0.1, 0.15) is 0 Å². The SMILES string of the molecule is CC(C)(O)Cn1cnc2cc(Cl)ccc21. The number of hydrogen-bond acceptors (Lipinski definition) is 2. The third kappa shape index (κ3) is 2.30. The van der Waals surface area contributed by atoms with E-state index in [-0.39, 0.29) is 0 Å². The summed E-state index contributed by atoms with van der Waals surface area (Å²) in [4.78, 5) is 4.23. The topological polar surface area (TPSA) is 38.0 Å². The molecule has 1 N–H and O–H groups in total. The molecule has 1 aromatic heterocycles. The zero-order chi connectivity index (χ0) is 11.1. The van der Waals surface area contributed by atoms with Crippen LogP contribution in [0.15, 0.2) is 24.5 Å². The maximum absolute atomic E-state index is 9.73. The van der Waals surface area contributed by atoms with Gasteiger partial charge < -0.3 is 9.67 Å². The van der Waals surface area contributed by atoms with E-state index in [1.165, 1.54) is 0 Å². The fourth-order valence-corrected chi connectivity index (χ4v) is 1.75. The Morgan fingerprint density at radius 1 is 1.47 bits per heavy atom. The van der Waals surface area contributed by atoms with Crippen LogP contribution in [0.4, 0.5) is 0 Å². The molecule has 1 heterocycles. The molecule has 2 rings (SSSR count). The zero-order valence-electron chi connectivity index (χ0n) is 8.74. The Kier molecular flexibility index (Phi) is 2.44. The standard InChI is InChI=1S/C11H13ClN2O/c1-11(2,15)6-14-7-13-9-5-8(12)3-4-10(9)14/h3-5,7,15H,6H2,1-2H3. The summed E-state index contributed by atoms with van der Waals surface area (Å²) in [5.41, 5.74) is 1.10. The summed E-state index contributed by atoms with van der Waals surface area (Å²) in [6, 6.07) is 5.56. The van der Waals surface area contributed by atoms with E-state index in [0.717, 1.165) is 11.0 Å². The fraction of sp³-hybridized carbons (Fsp3) is 0.364. The van der Waals surface area contributed by atoms with Crippen molar-refractivity contribution in [3.05, 3.63) is 29.5 Å². The zero-order valence-corrected chi connectivity index (χ0v) is 9.49. The van der Waals surface area contributed by atoms with Crippen molar-refractivity contribution in [2.45, 2.75) is 26.0 Å². The largest absolute Gasteiger partial charge is 0.389 e. The Bertz CT molecular complexity index is 485. The van der Waals surface area contributed by atoms with Crippen LogP contribution in [0.1, 0.15) is 13.8 Å². The van der Waals surface area contributed by atoms with Crippen molar-refractivity contribution >= 4 is 22.6 Å². The maximum atomic E-state index is 9.73. The molecule has 2 aromatic rings. The number of rotatable bonds is 2. The molecule has 0 bridgehead atoms. The molecular weight excluding hydrogens is 212 g/mol. The molecule has 0 atom stereocenters. The van der Waals surface area contributed by atoms with Gasteiger partial charge in [-0.3, -0.25) is 0 Å². The molecule has 0 saturated heterocycles. The summed E-state index contributed by atoms with van der Waals surface area (Å²) < 4.78 is 1.92. The quantitative estimate of drug-likeness (QED) is 0.851. The number of nitrogens with zero attached hydrogens (tertiary/aromatic N) is 2. The van der Waals surface area contributed by atoms with Crippen LogP contribution in [0.5, 0.6) is 0 Å². The Labute approximate surface area is 93.3 Å². The lowest BCUT2D eigenvalue weighted by Gasteiger charge is -2.17. The van der Waals surface area contributed by atoms with E-state index in [4.69, 9.17) is 11.6 Å². The van der Waals surface area contributed by atoms with Crippen LogP contribution in [-0.4, -0.2) is 20.3 Å². The molecule has 15 heavy (non-hydrogen) atoms. The van der Waals surface area contributed by atoms with Crippen molar-refractivity contribution in [1.82, 2.24) is 9.55 Å². The number of imidazole rings is 1. The number of aliphatic hydroxyl groups is 1. The lowest BCUT2D eigenvalue weighted by atomic mass is 10.1. The normalized spacial score (nSPS) is 12.3. The molecular formula is C11H13ClN2O. The number of halogens is 1. The number of hydrogen-bond donors (Lipinski definition) is 1. The van der Waals surface area contributed by atoms with Crippen LogP contribution >= 0.6 is 11.6 Å².